The Hall–Kier alpha value is -3.10. The molecular weight excluding hydrogens is 426 g/mol. The Bertz CT molecular complexity index is 1120. The van der Waals surface area contributed by atoms with Crippen LogP contribution in [-0.4, -0.2) is 55.9 Å². The first kappa shape index (κ1) is 22.1. The fourth-order valence-corrected chi connectivity index (χ4v) is 4.52. The summed E-state index contributed by atoms with van der Waals surface area (Å²) in [5, 5.41) is 0.681. The van der Waals surface area contributed by atoms with Gasteiger partial charge in [0.15, 0.2) is 16.6 Å². The van der Waals surface area contributed by atoms with Gasteiger partial charge in [0.25, 0.3) is 5.91 Å². The van der Waals surface area contributed by atoms with Crippen LogP contribution in [0.4, 0.5) is 5.13 Å². The number of ether oxygens (including phenoxy) is 3. The van der Waals surface area contributed by atoms with Crippen LogP contribution < -0.4 is 19.1 Å². The number of aromatic nitrogens is 1. The number of nitrogens with zero attached hydrogens (tertiary/aromatic N) is 3. The molecule has 3 aromatic rings. The van der Waals surface area contributed by atoms with Crippen LogP contribution in [0.3, 0.4) is 0 Å². The Balaban J connectivity index is 1.58. The van der Waals surface area contributed by atoms with E-state index < -0.39 is 0 Å². The Morgan fingerprint density at radius 2 is 1.94 bits per heavy atom. The van der Waals surface area contributed by atoms with Crippen molar-refractivity contribution in [3.63, 3.8) is 0 Å². The lowest BCUT2D eigenvalue weighted by Crippen LogP contribution is -2.38. The van der Waals surface area contributed by atoms with Gasteiger partial charge in [-0.15, -0.1) is 0 Å². The second kappa shape index (κ2) is 10.0. The molecule has 0 unspecified atom stereocenters. The molecule has 1 aliphatic heterocycles. The number of amides is 1. The largest absolute Gasteiger partial charge is 0.497 e. The summed E-state index contributed by atoms with van der Waals surface area (Å²) in [5.74, 6) is 2.08. The lowest BCUT2D eigenvalue weighted by Gasteiger charge is -2.23. The number of methoxy groups -OCH3 is 1. The third-order valence-electron chi connectivity index (χ3n) is 5.43. The normalized spacial score (nSPS) is 12.8. The molecule has 0 spiro atoms. The fourth-order valence-electron chi connectivity index (χ4n) is 3.49. The van der Waals surface area contributed by atoms with Crippen LogP contribution >= 0.6 is 11.3 Å². The van der Waals surface area contributed by atoms with Crippen molar-refractivity contribution >= 4 is 38.7 Å². The minimum atomic E-state index is -0.110. The molecule has 1 aliphatic rings. The molecule has 0 radical (unpaired) electrons. The molecule has 0 aliphatic carbocycles. The highest BCUT2D eigenvalue weighted by Crippen LogP contribution is 2.33. The first-order valence-corrected chi connectivity index (χ1v) is 11.5. The van der Waals surface area contributed by atoms with Gasteiger partial charge in [0.05, 0.1) is 17.3 Å². The van der Waals surface area contributed by atoms with Crippen molar-refractivity contribution in [2.45, 2.75) is 13.8 Å². The van der Waals surface area contributed by atoms with E-state index in [4.69, 9.17) is 19.2 Å². The molecule has 0 fully saturated rings. The third kappa shape index (κ3) is 4.87. The number of anilines is 1. The van der Waals surface area contributed by atoms with Crippen molar-refractivity contribution in [2.75, 3.05) is 45.0 Å². The number of carbonyl (C=O) groups is 1. The Kier molecular flexibility index (Phi) is 6.92. The second-order valence-corrected chi connectivity index (χ2v) is 8.30. The van der Waals surface area contributed by atoms with Gasteiger partial charge in [0.1, 0.15) is 5.75 Å². The van der Waals surface area contributed by atoms with Crippen LogP contribution in [0.2, 0.25) is 0 Å². The van der Waals surface area contributed by atoms with Gasteiger partial charge in [-0.2, -0.15) is 0 Å². The smallest absolute Gasteiger partial charge is 0.252 e. The summed E-state index contributed by atoms with van der Waals surface area (Å²) >= 11 is 1.49. The fraction of sp³-hybridized carbons (Fsp3) is 0.333. The zero-order valence-electron chi connectivity index (χ0n) is 18.5. The molecule has 168 valence electrons. The number of hydrogen-bond acceptors (Lipinski definition) is 7. The number of benzene rings is 2. The van der Waals surface area contributed by atoms with Gasteiger partial charge in [-0.1, -0.05) is 31.3 Å². The second-order valence-electron chi connectivity index (χ2n) is 7.29. The minimum absolute atomic E-state index is 0.110. The summed E-state index contributed by atoms with van der Waals surface area (Å²) in [4.78, 5) is 22.0. The predicted molar refractivity (Wildman–Crippen MR) is 128 cm³/mol. The molecule has 0 atom stereocenters. The van der Waals surface area contributed by atoms with E-state index >= 15 is 0 Å². The molecule has 0 saturated carbocycles. The molecule has 32 heavy (non-hydrogen) atoms. The van der Waals surface area contributed by atoms with Gasteiger partial charge >= 0.3 is 0 Å². The van der Waals surface area contributed by atoms with Crippen molar-refractivity contribution in [3.8, 4) is 17.2 Å². The molecule has 1 amide bonds. The van der Waals surface area contributed by atoms with Crippen molar-refractivity contribution in [1.82, 2.24) is 9.88 Å². The maximum absolute atomic E-state index is 13.2. The van der Waals surface area contributed by atoms with E-state index in [1.807, 2.05) is 36.4 Å². The van der Waals surface area contributed by atoms with E-state index in [1.165, 1.54) is 11.3 Å². The SMILES string of the molecule is CCN(CC)CCN(C(=O)C=Cc1ccc2c(c1)OCO2)c1nc2ccc(OC)cc2s1. The first-order chi connectivity index (χ1) is 15.6. The summed E-state index contributed by atoms with van der Waals surface area (Å²) < 4.78 is 17.1. The topological polar surface area (TPSA) is 64.1 Å². The predicted octanol–water partition coefficient (Wildman–Crippen LogP) is 4.42. The van der Waals surface area contributed by atoms with Crippen LogP contribution in [0.25, 0.3) is 16.3 Å². The molecule has 7 nitrogen and oxygen atoms in total. The van der Waals surface area contributed by atoms with Gasteiger partial charge < -0.3 is 19.1 Å². The lowest BCUT2D eigenvalue weighted by molar-refractivity contribution is -0.114. The standard InChI is InChI=1S/C24H27N3O4S/c1-4-26(5-2)12-13-27(24-25-19-9-8-18(29-3)15-22(19)32-24)23(28)11-7-17-6-10-20-21(14-17)31-16-30-20/h6-11,14-15H,4-5,12-13,16H2,1-3H3. The highest BCUT2D eigenvalue weighted by atomic mass is 32.1. The van der Waals surface area contributed by atoms with Crippen molar-refractivity contribution in [1.29, 1.82) is 0 Å². The molecule has 8 heteroatoms. The van der Waals surface area contributed by atoms with Crippen molar-refractivity contribution in [2.24, 2.45) is 0 Å². The van der Waals surface area contributed by atoms with Gasteiger partial charge in [0.2, 0.25) is 6.79 Å². The molecular formula is C24H27N3O4S. The minimum Gasteiger partial charge on any atom is -0.497 e. The van der Waals surface area contributed by atoms with Crippen LogP contribution in [0, 0.1) is 0 Å². The van der Waals surface area contributed by atoms with Crippen LogP contribution in [0.5, 0.6) is 17.2 Å². The first-order valence-electron chi connectivity index (χ1n) is 10.7. The van der Waals surface area contributed by atoms with Gasteiger partial charge in [-0.25, -0.2) is 4.98 Å². The van der Waals surface area contributed by atoms with Crippen LogP contribution in [0.15, 0.2) is 42.5 Å². The van der Waals surface area contributed by atoms with E-state index in [-0.39, 0.29) is 12.7 Å². The summed E-state index contributed by atoms with van der Waals surface area (Å²) in [6, 6.07) is 11.4. The molecule has 0 bridgehead atoms. The lowest BCUT2D eigenvalue weighted by atomic mass is 10.2. The number of rotatable bonds is 9. The third-order valence-corrected chi connectivity index (χ3v) is 6.47. The number of fused-ring (bicyclic) bond motifs is 2. The molecule has 0 N–H and O–H groups in total. The summed E-state index contributed by atoms with van der Waals surface area (Å²) in [6.45, 7) is 7.67. The highest BCUT2D eigenvalue weighted by molar-refractivity contribution is 7.22. The zero-order valence-corrected chi connectivity index (χ0v) is 19.4. The molecule has 1 aromatic heterocycles. The Labute approximate surface area is 191 Å². The molecule has 0 saturated heterocycles. The van der Waals surface area contributed by atoms with E-state index in [1.54, 1.807) is 24.2 Å². The van der Waals surface area contributed by atoms with E-state index in [0.717, 1.165) is 46.9 Å². The molecule has 2 aromatic carbocycles. The average Bonchev–Trinajstić information content (AvgIpc) is 3.46. The summed E-state index contributed by atoms with van der Waals surface area (Å²) in [5.41, 5.74) is 1.73. The molecule has 4 rings (SSSR count). The van der Waals surface area contributed by atoms with Crippen molar-refractivity contribution in [3.05, 3.63) is 48.0 Å². The summed E-state index contributed by atoms with van der Waals surface area (Å²) in [7, 11) is 1.64. The van der Waals surface area contributed by atoms with Crippen LogP contribution in [0.1, 0.15) is 19.4 Å². The number of hydrogen-bond donors (Lipinski definition) is 0. The van der Waals surface area contributed by atoms with Crippen molar-refractivity contribution < 1.29 is 19.0 Å². The van der Waals surface area contributed by atoms with E-state index in [2.05, 4.69) is 18.7 Å². The monoisotopic (exact) mass is 453 g/mol. The highest BCUT2D eigenvalue weighted by Gasteiger charge is 2.19. The number of thiazole rings is 1. The Morgan fingerprint density at radius 3 is 2.72 bits per heavy atom. The zero-order chi connectivity index (χ0) is 22.5. The molecule has 2 heterocycles. The average molecular weight is 454 g/mol. The van der Waals surface area contributed by atoms with E-state index in [0.29, 0.717) is 17.4 Å². The number of carbonyl (C=O) groups excluding carboxylic acids is 1. The number of likely N-dealkylation sites (N-methyl/N-ethyl adjacent to an activating group) is 1. The maximum atomic E-state index is 13.2. The van der Waals surface area contributed by atoms with Gasteiger partial charge in [-0.3, -0.25) is 9.69 Å². The Morgan fingerprint density at radius 1 is 1.12 bits per heavy atom. The summed E-state index contributed by atoms with van der Waals surface area (Å²) in [6.07, 6.45) is 3.39. The van der Waals surface area contributed by atoms with Gasteiger partial charge in [-0.05, 0) is 55.1 Å². The van der Waals surface area contributed by atoms with Crippen LogP contribution in [-0.2, 0) is 4.79 Å². The maximum Gasteiger partial charge on any atom is 0.252 e. The van der Waals surface area contributed by atoms with Gasteiger partial charge in [0, 0.05) is 19.2 Å². The van der Waals surface area contributed by atoms with E-state index in [9.17, 15) is 4.79 Å². The quantitative estimate of drug-likeness (QED) is 0.447.